The number of benzene rings is 1. The van der Waals surface area contributed by atoms with Crippen molar-refractivity contribution in [1.82, 2.24) is 0 Å². The molecule has 1 amide bonds. The fraction of sp³-hybridized carbons (Fsp3) is 0.125. The van der Waals surface area contributed by atoms with Crippen molar-refractivity contribution >= 4 is 56.8 Å². The minimum atomic E-state index is -0.114. The van der Waals surface area contributed by atoms with Gasteiger partial charge in [-0.3, -0.25) is 4.79 Å². The Morgan fingerprint density at radius 2 is 1.85 bits per heavy atom. The summed E-state index contributed by atoms with van der Waals surface area (Å²) in [6.45, 7) is 1.45. The van der Waals surface area contributed by atoms with Crippen LogP contribution in [0.3, 0.4) is 0 Å². The Hall–Kier alpha value is -0.0500. The van der Waals surface area contributed by atoms with Gasteiger partial charge in [0.25, 0.3) is 0 Å². The molecule has 1 rings (SSSR count). The molecule has 0 aliphatic rings. The average molecular weight is 403 g/mol. The van der Waals surface area contributed by atoms with Crippen LogP contribution < -0.4 is 5.32 Å². The molecule has 0 radical (unpaired) electrons. The highest BCUT2D eigenvalue weighted by Crippen LogP contribution is 2.29. The van der Waals surface area contributed by atoms with Crippen molar-refractivity contribution in [3.8, 4) is 5.75 Å². The second-order valence-corrected chi connectivity index (χ2v) is 4.79. The number of hydrogen-bond donors (Lipinski definition) is 2. The number of phenols is 1. The maximum atomic E-state index is 10.7. The number of carbonyl (C=O) groups is 1. The zero-order valence-electron chi connectivity index (χ0n) is 6.77. The Balaban J connectivity index is 3.06. The smallest absolute Gasteiger partial charge is 0.221 e. The first-order valence-electron chi connectivity index (χ1n) is 3.46. The van der Waals surface area contributed by atoms with Crippen molar-refractivity contribution in [2.75, 3.05) is 5.32 Å². The molecule has 1 aromatic rings. The number of hydrogen-bond acceptors (Lipinski definition) is 2. The first-order chi connectivity index (χ1) is 6.00. The predicted molar refractivity (Wildman–Crippen MR) is 67.8 cm³/mol. The lowest BCUT2D eigenvalue weighted by atomic mass is 10.3. The molecule has 2 N–H and O–H groups in total. The summed E-state index contributed by atoms with van der Waals surface area (Å²) >= 11 is 4.03. The van der Waals surface area contributed by atoms with E-state index >= 15 is 0 Å². The summed E-state index contributed by atoms with van der Waals surface area (Å²) in [5.41, 5.74) is 0.708. The van der Waals surface area contributed by atoms with Gasteiger partial charge in [0.2, 0.25) is 5.91 Å². The quantitative estimate of drug-likeness (QED) is 0.560. The maximum Gasteiger partial charge on any atom is 0.221 e. The highest BCUT2D eigenvalue weighted by Gasteiger charge is 2.05. The van der Waals surface area contributed by atoms with Crippen LogP contribution in [-0.2, 0) is 4.79 Å². The largest absolute Gasteiger partial charge is 0.506 e. The van der Waals surface area contributed by atoms with Crippen molar-refractivity contribution < 1.29 is 9.90 Å². The third-order valence-electron chi connectivity index (χ3n) is 1.34. The Morgan fingerprint density at radius 1 is 1.38 bits per heavy atom. The van der Waals surface area contributed by atoms with E-state index in [-0.39, 0.29) is 11.7 Å². The molecule has 1 aromatic carbocycles. The molecule has 0 aliphatic carbocycles. The third kappa shape index (κ3) is 2.97. The predicted octanol–water partition coefficient (Wildman–Crippen LogP) is 2.56. The van der Waals surface area contributed by atoms with Crippen molar-refractivity contribution in [3.63, 3.8) is 0 Å². The molecular weight excluding hydrogens is 396 g/mol. The van der Waals surface area contributed by atoms with E-state index in [9.17, 15) is 9.90 Å². The van der Waals surface area contributed by atoms with Gasteiger partial charge in [-0.15, -0.1) is 0 Å². The molecule has 0 aromatic heterocycles. The van der Waals surface area contributed by atoms with E-state index in [0.717, 1.165) is 7.14 Å². The minimum Gasteiger partial charge on any atom is -0.506 e. The lowest BCUT2D eigenvalue weighted by molar-refractivity contribution is -0.114. The highest BCUT2D eigenvalue weighted by molar-refractivity contribution is 14.1. The maximum absolute atomic E-state index is 10.7. The standard InChI is InChI=1S/C8H7I2NO2/c1-4(12)11-5-2-6(9)8(13)7(10)3-5/h2-3,13H,1H3,(H,11,12). The Labute approximate surface area is 103 Å². The van der Waals surface area contributed by atoms with Crippen LogP contribution in [0.4, 0.5) is 5.69 Å². The van der Waals surface area contributed by atoms with Gasteiger partial charge in [0.1, 0.15) is 5.75 Å². The summed E-state index contributed by atoms with van der Waals surface area (Å²) in [5.74, 6) is 0.146. The monoisotopic (exact) mass is 403 g/mol. The van der Waals surface area contributed by atoms with E-state index in [0.29, 0.717) is 5.69 Å². The summed E-state index contributed by atoms with van der Waals surface area (Å²) in [6, 6.07) is 3.44. The fourth-order valence-corrected chi connectivity index (χ4v) is 2.61. The summed E-state index contributed by atoms with van der Waals surface area (Å²) in [5, 5.41) is 12.1. The van der Waals surface area contributed by atoms with Gasteiger partial charge in [0, 0.05) is 12.6 Å². The molecule has 0 aliphatic heterocycles. The van der Waals surface area contributed by atoms with Crippen molar-refractivity contribution in [2.45, 2.75) is 6.92 Å². The summed E-state index contributed by atoms with van der Waals surface area (Å²) in [6.07, 6.45) is 0. The second-order valence-electron chi connectivity index (χ2n) is 2.47. The molecule has 0 fully saturated rings. The van der Waals surface area contributed by atoms with Gasteiger partial charge in [-0.2, -0.15) is 0 Å². The lowest BCUT2D eigenvalue weighted by Gasteiger charge is -2.05. The molecule has 0 unspecified atom stereocenters. The average Bonchev–Trinajstić information content (AvgIpc) is 1.98. The van der Waals surface area contributed by atoms with Crippen molar-refractivity contribution in [2.24, 2.45) is 0 Å². The van der Waals surface area contributed by atoms with E-state index in [2.05, 4.69) is 5.32 Å². The first-order valence-corrected chi connectivity index (χ1v) is 5.62. The van der Waals surface area contributed by atoms with Crippen molar-refractivity contribution in [1.29, 1.82) is 0 Å². The van der Waals surface area contributed by atoms with Gasteiger partial charge in [-0.05, 0) is 57.3 Å². The summed E-state index contributed by atoms with van der Waals surface area (Å²) in [4.78, 5) is 10.7. The summed E-state index contributed by atoms with van der Waals surface area (Å²) < 4.78 is 1.46. The van der Waals surface area contributed by atoms with E-state index in [4.69, 9.17) is 0 Å². The Morgan fingerprint density at radius 3 is 2.23 bits per heavy atom. The van der Waals surface area contributed by atoms with Gasteiger partial charge in [-0.25, -0.2) is 0 Å². The highest BCUT2D eigenvalue weighted by atomic mass is 127. The number of aromatic hydroxyl groups is 1. The van der Waals surface area contributed by atoms with Crippen LogP contribution in [0, 0.1) is 7.14 Å². The van der Waals surface area contributed by atoms with Crippen molar-refractivity contribution in [3.05, 3.63) is 19.3 Å². The molecule has 0 saturated heterocycles. The van der Waals surface area contributed by atoms with E-state index in [1.807, 2.05) is 45.2 Å². The molecule has 3 nitrogen and oxygen atoms in total. The van der Waals surface area contributed by atoms with Gasteiger partial charge in [0.15, 0.2) is 0 Å². The van der Waals surface area contributed by atoms with Crippen LogP contribution in [0.25, 0.3) is 0 Å². The minimum absolute atomic E-state index is 0.114. The molecular formula is C8H7I2NO2. The van der Waals surface area contributed by atoms with Crippen LogP contribution in [0.5, 0.6) is 5.75 Å². The topological polar surface area (TPSA) is 49.3 Å². The fourth-order valence-electron chi connectivity index (χ4n) is 0.841. The van der Waals surface area contributed by atoms with Crippen LogP contribution in [0.1, 0.15) is 6.92 Å². The van der Waals surface area contributed by atoms with E-state index in [1.165, 1.54) is 6.92 Å². The number of carbonyl (C=O) groups excluding carboxylic acids is 1. The first kappa shape index (κ1) is 11.0. The number of anilines is 1. The molecule has 70 valence electrons. The Bertz CT molecular complexity index is 329. The van der Waals surface area contributed by atoms with Gasteiger partial charge >= 0.3 is 0 Å². The zero-order chi connectivity index (χ0) is 10.0. The number of nitrogens with one attached hydrogen (secondary N) is 1. The van der Waals surface area contributed by atoms with Gasteiger partial charge in [-0.1, -0.05) is 0 Å². The van der Waals surface area contributed by atoms with Gasteiger partial charge in [0.05, 0.1) is 7.14 Å². The lowest BCUT2D eigenvalue weighted by Crippen LogP contribution is -2.06. The normalized spacial score (nSPS) is 9.77. The molecule has 0 atom stereocenters. The number of halogens is 2. The second kappa shape index (κ2) is 4.45. The Kier molecular flexibility index (Phi) is 3.77. The molecule has 0 heterocycles. The van der Waals surface area contributed by atoms with E-state index in [1.54, 1.807) is 12.1 Å². The number of rotatable bonds is 1. The van der Waals surface area contributed by atoms with Gasteiger partial charge < -0.3 is 10.4 Å². The molecule has 13 heavy (non-hydrogen) atoms. The molecule has 0 bridgehead atoms. The molecule has 5 heteroatoms. The van der Waals surface area contributed by atoms with Crippen LogP contribution in [0.2, 0.25) is 0 Å². The number of phenolic OH excluding ortho intramolecular Hbond substituents is 1. The van der Waals surface area contributed by atoms with Crippen LogP contribution in [0.15, 0.2) is 12.1 Å². The molecule has 0 spiro atoms. The van der Waals surface area contributed by atoms with Crippen LogP contribution in [-0.4, -0.2) is 11.0 Å². The third-order valence-corrected chi connectivity index (χ3v) is 2.98. The van der Waals surface area contributed by atoms with Crippen LogP contribution >= 0.6 is 45.2 Å². The molecule has 0 saturated carbocycles. The van der Waals surface area contributed by atoms with E-state index < -0.39 is 0 Å². The summed E-state index contributed by atoms with van der Waals surface area (Å²) in [7, 11) is 0. The zero-order valence-corrected chi connectivity index (χ0v) is 11.1. The SMILES string of the molecule is CC(=O)Nc1cc(I)c(O)c(I)c1. The number of amides is 1.